The highest BCUT2D eigenvalue weighted by atomic mass is 16.5. The van der Waals surface area contributed by atoms with Crippen LogP contribution in [0.1, 0.15) is 19.7 Å². The smallest absolute Gasteiger partial charge is 0.257 e. The molecule has 19 heavy (non-hydrogen) atoms. The van der Waals surface area contributed by atoms with Gasteiger partial charge in [-0.2, -0.15) is 4.98 Å². The van der Waals surface area contributed by atoms with Gasteiger partial charge in [-0.1, -0.05) is 37.2 Å². The number of aromatic nitrogens is 2. The molecule has 0 saturated heterocycles. The minimum absolute atomic E-state index is 0.00912. The van der Waals surface area contributed by atoms with Crippen LogP contribution in [-0.2, 0) is 11.2 Å². The second-order valence-corrected chi connectivity index (χ2v) is 4.58. The number of hydrogen-bond acceptors (Lipinski definition) is 4. The third kappa shape index (κ3) is 3.64. The predicted octanol–water partition coefficient (Wildman–Crippen LogP) is 2.05. The Labute approximate surface area is 112 Å². The summed E-state index contributed by atoms with van der Waals surface area (Å²) in [5.74, 6) is 1.13. The Balaban J connectivity index is 1.90. The average Bonchev–Trinajstić information content (AvgIpc) is 2.88. The number of amides is 1. The maximum Gasteiger partial charge on any atom is 0.257 e. The van der Waals surface area contributed by atoms with Crippen LogP contribution in [0, 0.1) is 5.92 Å². The summed E-state index contributed by atoms with van der Waals surface area (Å²) in [5.41, 5.74) is 0.896. The molecule has 0 radical (unpaired) electrons. The summed E-state index contributed by atoms with van der Waals surface area (Å²) in [4.78, 5) is 15.7. The zero-order valence-corrected chi connectivity index (χ0v) is 11.1. The van der Waals surface area contributed by atoms with E-state index in [1.165, 1.54) is 0 Å². The first kappa shape index (κ1) is 13.3. The van der Waals surface area contributed by atoms with Gasteiger partial charge in [0.2, 0.25) is 5.91 Å². The van der Waals surface area contributed by atoms with Crippen LogP contribution in [-0.4, -0.2) is 22.6 Å². The SMILES string of the molecule is CC(C)C(=O)NCCc1noc(-c2ccccc2)n1. The Hall–Kier alpha value is -2.17. The monoisotopic (exact) mass is 259 g/mol. The summed E-state index contributed by atoms with van der Waals surface area (Å²) in [6.07, 6.45) is 0.564. The van der Waals surface area contributed by atoms with E-state index in [2.05, 4.69) is 15.5 Å². The molecule has 5 nitrogen and oxygen atoms in total. The Morgan fingerprint density at radius 2 is 2.05 bits per heavy atom. The van der Waals surface area contributed by atoms with Crippen molar-refractivity contribution in [1.29, 1.82) is 0 Å². The van der Waals surface area contributed by atoms with E-state index >= 15 is 0 Å². The number of nitrogens with zero attached hydrogens (tertiary/aromatic N) is 2. The molecule has 5 heteroatoms. The first-order chi connectivity index (χ1) is 9.16. The summed E-state index contributed by atoms with van der Waals surface area (Å²) < 4.78 is 5.18. The fraction of sp³-hybridized carbons (Fsp3) is 0.357. The third-order valence-corrected chi connectivity index (χ3v) is 2.66. The van der Waals surface area contributed by atoms with Gasteiger partial charge in [0.1, 0.15) is 0 Å². The molecular formula is C14H17N3O2. The van der Waals surface area contributed by atoms with E-state index in [0.717, 1.165) is 5.56 Å². The molecule has 0 saturated carbocycles. The van der Waals surface area contributed by atoms with E-state index in [-0.39, 0.29) is 11.8 Å². The van der Waals surface area contributed by atoms with Crippen molar-refractivity contribution in [3.8, 4) is 11.5 Å². The summed E-state index contributed by atoms with van der Waals surface area (Å²) in [6, 6.07) is 9.60. The highest BCUT2D eigenvalue weighted by molar-refractivity contribution is 5.77. The largest absolute Gasteiger partial charge is 0.355 e. The van der Waals surface area contributed by atoms with Gasteiger partial charge in [0, 0.05) is 24.4 Å². The molecule has 0 bridgehead atoms. The Bertz CT molecular complexity index is 535. The lowest BCUT2D eigenvalue weighted by Gasteiger charge is -2.05. The van der Waals surface area contributed by atoms with Crippen molar-refractivity contribution in [3.05, 3.63) is 36.2 Å². The van der Waals surface area contributed by atoms with Crippen molar-refractivity contribution in [2.75, 3.05) is 6.54 Å². The maximum atomic E-state index is 11.4. The lowest BCUT2D eigenvalue weighted by atomic mass is 10.2. The van der Waals surface area contributed by atoms with Crippen molar-refractivity contribution < 1.29 is 9.32 Å². The first-order valence-electron chi connectivity index (χ1n) is 6.32. The first-order valence-corrected chi connectivity index (χ1v) is 6.32. The Morgan fingerprint density at radius 3 is 2.74 bits per heavy atom. The molecule has 0 spiro atoms. The third-order valence-electron chi connectivity index (χ3n) is 2.66. The van der Waals surface area contributed by atoms with Gasteiger partial charge >= 0.3 is 0 Å². The van der Waals surface area contributed by atoms with Crippen LogP contribution in [0.25, 0.3) is 11.5 Å². The Morgan fingerprint density at radius 1 is 1.32 bits per heavy atom. The van der Waals surface area contributed by atoms with E-state index in [1.54, 1.807) is 0 Å². The zero-order valence-electron chi connectivity index (χ0n) is 11.1. The zero-order chi connectivity index (χ0) is 13.7. The minimum Gasteiger partial charge on any atom is -0.355 e. The molecule has 0 fully saturated rings. The average molecular weight is 259 g/mol. The van der Waals surface area contributed by atoms with E-state index in [0.29, 0.717) is 24.7 Å². The number of carbonyl (C=O) groups is 1. The number of hydrogen-bond donors (Lipinski definition) is 1. The highest BCUT2D eigenvalue weighted by Gasteiger charge is 2.09. The van der Waals surface area contributed by atoms with E-state index in [9.17, 15) is 4.79 Å². The minimum atomic E-state index is -0.00912. The molecule has 0 unspecified atom stereocenters. The summed E-state index contributed by atoms with van der Waals surface area (Å²) in [5, 5.41) is 6.72. The summed E-state index contributed by atoms with van der Waals surface area (Å²) in [7, 11) is 0. The van der Waals surface area contributed by atoms with Gasteiger partial charge in [0.25, 0.3) is 5.89 Å². The molecule has 1 amide bonds. The number of nitrogens with one attached hydrogen (secondary N) is 1. The van der Waals surface area contributed by atoms with Crippen molar-refractivity contribution in [3.63, 3.8) is 0 Å². The molecule has 100 valence electrons. The van der Waals surface area contributed by atoms with Crippen LogP contribution in [0.15, 0.2) is 34.9 Å². The highest BCUT2D eigenvalue weighted by Crippen LogP contribution is 2.15. The summed E-state index contributed by atoms with van der Waals surface area (Å²) >= 11 is 0. The molecular weight excluding hydrogens is 242 g/mol. The normalized spacial score (nSPS) is 10.7. The van der Waals surface area contributed by atoms with Gasteiger partial charge in [0.15, 0.2) is 5.82 Å². The van der Waals surface area contributed by atoms with Crippen LogP contribution < -0.4 is 5.32 Å². The number of benzene rings is 1. The molecule has 1 heterocycles. The second kappa shape index (κ2) is 6.13. The Kier molecular flexibility index (Phi) is 4.28. The van der Waals surface area contributed by atoms with E-state index in [4.69, 9.17) is 4.52 Å². The number of rotatable bonds is 5. The predicted molar refractivity (Wildman–Crippen MR) is 71.3 cm³/mol. The van der Waals surface area contributed by atoms with Gasteiger partial charge in [0.05, 0.1) is 0 Å². The fourth-order valence-corrected chi connectivity index (χ4v) is 1.56. The molecule has 1 aromatic carbocycles. The fourth-order valence-electron chi connectivity index (χ4n) is 1.56. The van der Waals surface area contributed by atoms with Gasteiger partial charge in [-0.05, 0) is 12.1 Å². The molecule has 0 atom stereocenters. The molecule has 2 rings (SSSR count). The van der Waals surface area contributed by atoms with E-state index in [1.807, 2.05) is 44.2 Å². The molecule has 1 N–H and O–H groups in total. The molecule has 1 aromatic heterocycles. The quantitative estimate of drug-likeness (QED) is 0.892. The molecule has 0 aliphatic heterocycles. The van der Waals surface area contributed by atoms with Gasteiger partial charge < -0.3 is 9.84 Å². The lowest BCUT2D eigenvalue weighted by molar-refractivity contribution is -0.123. The van der Waals surface area contributed by atoms with Crippen molar-refractivity contribution in [1.82, 2.24) is 15.5 Å². The standard InChI is InChI=1S/C14H17N3O2/c1-10(2)13(18)15-9-8-12-16-14(19-17-12)11-6-4-3-5-7-11/h3-7,10H,8-9H2,1-2H3,(H,15,18). The molecule has 0 aliphatic carbocycles. The van der Waals surface area contributed by atoms with Crippen LogP contribution >= 0.6 is 0 Å². The lowest BCUT2D eigenvalue weighted by Crippen LogP contribution is -2.29. The second-order valence-electron chi connectivity index (χ2n) is 4.58. The van der Waals surface area contributed by atoms with Gasteiger partial charge in [-0.15, -0.1) is 0 Å². The topological polar surface area (TPSA) is 68.0 Å². The van der Waals surface area contributed by atoms with Crippen molar-refractivity contribution in [2.24, 2.45) is 5.92 Å². The van der Waals surface area contributed by atoms with Crippen LogP contribution in [0.5, 0.6) is 0 Å². The summed E-state index contributed by atoms with van der Waals surface area (Å²) in [6.45, 7) is 4.24. The molecule has 0 aliphatic rings. The maximum absolute atomic E-state index is 11.4. The van der Waals surface area contributed by atoms with Gasteiger partial charge in [-0.3, -0.25) is 4.79 Å². The van der Waals surface area contributed by atoms with Gasteiger partial charge in [-0.25, -0.2) is 0 Å². The van der Waals surface area contributed by atoms with Crippen LogP contribution in [0.2, 0.25) is 0 Å². The number of carbonyl (C=O) groups excluding carboxylic acids is 1. The van der Waals surface area contributed by atoms with Crippen molar-refractivity contribution in [2.45, 2.75) is 20.3 Å². The molecule has 2 aromatic rings. The van der Waals surface area contributed by atoms with Crippen molar-refractivity contribution >= 4 is 5.91 Å². The van der Waals surface area contributed by atoms with Crippen LogP contribution in [0.3, 0.4) is 0 Å². The van der Waals surface area contributed by atoms with E-state index < -0.39 is 0 Å². The van der Waals surface area contributed by atoms with Crippen LogP contribution in [0.4, 0.5) is 0 Å².